The molecule has 0 fully saturated rings. The molecule has 19 heavy (non-hydrogen) atoms. The molecule has 0 unspecified atom stereocenters. The van der Waals surface area contributed by atoms with E-state index in [1.807, 2.05) is 6.07 Å². The zero-order chi connectivity index (χ0) is 13.8. The monoisotopic (exact) mass is 287 g/mol. The maximum atomic E-state index is 12.4. The smallest absolute Gasteiger partial charge is 0.289 e. The van der Waals surface area contributed by atoms with Crippen molar-refractivity contribution in [1.82, 2.24) is 4.90 Å². The van der Waals surface area contributed by atoms with Gasteiger partial charge in [0.1, 0.15) is 5.58 Å². The number of halogens is 3. The van der Waals surface area contributed by atoms with Gasteiger partial charge in [-0.25, -0.2) is 8.78 Å². The van der Waals surface area contributed by atoms with Gasteiger partial charge in [0, 0.05) is 17.8 Å². The summed E-state index contributed by atoms with van der Waals surface area (Å²) in [6, 6.07) is 8.63. The first-order valence-corrected chi connectivity index (χ1v) is 6.27. The van der Waals surface area contributed by atoms with E-state index in [1.165, 1.54) is 0 Å². The average Bonchev–Trinajstić information content (AvgIpc) is 2.80. The van der Waals surface area contributed by atoms with Crippen LogP contribution in [0.4, 0.5) is 8.78 Å². The minimum absolute atomic E-state index is 0.0481. The van der Waals surface area contributed by atoms with Crippen LogP contribution in [0.15, 0.2) is 34.7 Å². The molecule has 6 heteroatoms. The molecule has 0 aliphatic heterocycles. The van der Waals surface area contributed by atoms with Gasteiger partial charge in [0.15, 0.2) is 5.76 Å². The summed E-state index contributed by atoms with van der Waals surface area (Å²) in [6.45, 7) is -0.593. The molecule has 1 heterocycles. The maximum absolute atomic E-state index is 12.4. The highest BCUT2D eigenvalue weighted by Crippen LogP contribution is 2.20. The molecule has 0 spiro atoms. The summed E-state index contributed by atoms with van der Waals surface area (Å²) in [4.78, 5) is 13.1. The molecule has 0 bridgehead atoms. The van der Waals surface area contributed by atoms with Crippen molar-refractivity contribution in [2.75, 3.05) is 19.0 Å². The van der Waals surface area contributed by atoms with E-state index in [-0.39, 0.29) is 18.2 Å². The number of carbonyl (C=O) groups excluding carboxylic acids is 1. The molecule has 0 radical (unpaired) electrons. The van der Waals surface area contributed by atoms with E-state index in [9.17, 15) is 13.6 Å². The van der Waals surface area contributed by atoms with Crippen molar-refractivity contribution in [1.29, 1.82) is 0 Å². The molecule has 1 aromatic carbocycles. The molecule has 1 amide bonds. The molecule has 0 N–H and O–H groups in total. The Morgan fingerprint density at radius 2 is 2.11 bits per heavy atom. The average molecular weight is 288 g/mol. The molecule has 2 rings (SSSR count). The number of para-hydroxylation sites is 1. The normalized spacial score (nSPS) is 11.2. The van der Waals surface area contributed by atoms with Crippen LogP contribution in [0.1, 0.15) is 10.6 Å². The van der Waals surface area contributed by atoms with Crippen molar-refractivity contribution >= 4 is 28.5 Å². The topological polar surface area (TPSA) is 33.5 Å². The lowest BCUT2D eigenvalue weighted by Crippen LogP contribution is -2.36. The van der Waals surface area contributed by atoms with Gasteiger partial charge in [-0.15, -0.1) is 11.6 Å². The minimum atomic E-state index is -2.60. The van der Waals surface area contributed by atoms with Gasteiger partial charge >= 0.3 is 0 Å². The Morgan fingerprint density at radius 1 is 1.37 bits per heavy atom. The number of hydrogen-bond acceptors (Lipinski definition) is 2. The predicted octanol–water partition coefficient (Wildman–Crippen LogP) is 3.38. The van der Waals surface area contributed by atoms with Gasteiger partial charge in [0.25, 0.3) is 12.3 Å². The molecule has 102 valence electrons. The Bertz CT molecular complexity index is 538. The lowest BCUT2D eigenvalue weighted by atomic mass is 10.2. The summed E-state index contributed by atoms with van der Waals surface area (Å²) in [5.74, 6) is -0.428. The summed E-state index contributed by atoms with van der Waals surface area (Å²) >= 11 is 5.52. The van der Waals surface area contributed by atoms with Crippen LogP contribution in [-0.2, 0) is 0 Å². The van der Waals surface area contributed by atoms with Crippen molar-refractivity contribution in [2.24, 2.45) is 0 Å². The Labute approximate surface area is 113 Å². The Morgan fingerprint density at radius 3 is 2.74 bits per heavy atom. The second-order valence-electron chi connectivity index (χ2n) is 3.98. The number of furan rings is 1. The first kappa shape index (κ1) is 13.8. The van der Waals surface area contributed by atoms with Crippen LogP contribution in [-0.4, -0.2) is 36.2 Å². The number of rotatable bonds is 5. The fourth-order valence-corrected chi connectivity index (χ4v) is 1.99. The third-order valence-corrected chi connectivity index (χ3v) is 2.81. The molecule has 0 saturated heterocycles. The second-order valence-corrected chi connectivity index (χ2v) is 4.36. The van der Waals surface area contributed by atoms with E-state index in [1.54, 1.807) is 24.3 Å². The maximum Gasteiger partial charge on any atom is 0.289 e. The highest BCUT2D eigenvalue weighted by Gasteiger charge is 2.22. The fourth-order valence-electron chi connectivity index (χ4n) is 1.79. The third kappa shape index (κ3) is 3.23. The van der Waals surface area contributed by atoms with Crippen LogP contribution in [0.2, 0.25) is 0 Å². The Balaban J connectivity index is 2.24. The molecular weight excluding hydrogens is 276 g/mol. The lowest BCUT2D eigenvalue weighted by molar-refractivity contribution is 0.0546. The number of carbonyl (C=O) groups is 1. The van der Waals surface area contributed by atoms with Crippen molar-refractivity contribution in [3.63, 3.8) is 0 Å². The number of nitrogens with zero attached hydrogens (tertiary/aromatic N) is 1. The van der Waals surface area contributed by atoms with Crippen molar-refractivity contribution in [3.05, 3.63) is 36.1 Å². The van der Waals surface area contributed by atoms with E-state index >= 15 is 0 Å². The van der Waals surface area contributed by atoms with Gasteiger partial charge < -0.3 is 9.32 Å². The van der Waals surface area contributed by atoms with Crippen molar-refractivity contribution in [2.45, 2.75) is 6.43 Å². The van der Waals surface area contributed by atoms with Gasteiger partial charge in [-0.3, -0.25) is 4.79 Å². The first-order chi connectivity index (χ1) is 9.11. The van der Waals surface area contributed by atoms with E-state index in [4.69, 9.17) is 16.0 Å². The summed E-state index contributed by atoms with van der Waals surface area (Å²) in [5.41, 5.74) is 0.550. The zero-order valence-corrected chi connectivity index (χ0v) is 10.7. The van der Waals surface area contributed by atoms with Crippen molar-refractivity contribution < 1.29 is 18.0 Å². The van der Waals surface area contributed by atoms with E-state index in [0.29, 0.717) is 5.58 Å². The van der Waals surface area contributed by atoms with Crippen molar-refractivity contribution in [3.8, 4) is 0 Å². The van der Waals surface area contributed by atoms with E-state index in [0.717, 1.165) is 10.3 Å². The number of amides is 1. The Kier molecular flexibility index (Phi) is 4.37. The fraction of sp³-hybridized carbons (Fsp3) is 0.308. The third-order valence-electron chi connectivity index (χ3n) is 2.64. The van der Waals surface area contributed by atoms with Crippen LogP contribution < -0.4 is 0 Å². The Hall–Kier alpha value is -1.62. The minimum Gasteiger partial charge on any atom is -0.451 e. The highest BCUT2D eigenvalue weighted by molar-refractivity contribution is 6.18. The highest BCUT2D eigenvalue weighted by atomic mass is 35.5. The quantitative estimate of drug-likeness (QED) is 0.790. The molecule has 0 aliphatic rings. The number of fused-ring (bicyclic) bond motifs is 1. The largest absolute Gasteiger partial charge is 0.451 e. The SMILES string of the molecule is O=C(c1cc2ccccc2o1)N(CCCl)CC(F)F. The van der Waals surface area contributed by atoms with Gasteiger partial charge in [-0.2, -0.15) is 0 Å². The van der Waals surface area contributed by atoms with Crippen LogP contribution in [0, 0.1) is 0 Å². The second kappa shape index (κ2) is 6.02. The van der Waals surface area contributed by atoms with Crippen LogP contribution in [0.3, 0.4) is 0 Å². The van der Waals surface area contributed by atoms with Crippen LogP contribution in [0.5, 0.6) is 0 Å². The molecule has 0 aliphatic carbocycles. The molecular formula is C13H12ClF2NO2. The van der Waals surface area contributed by atoms with Gasteiger partial charge in [-0.1, -0.05) is 18.2 Å². The molecule has 2 aromatic rings. The van der Waals surface area contributed by atoms with E-state index < -0.39 is 18.9 Å². The molecule has 0 atom stereocenters. The van der Waals surface area contributed by atoms with Gasteiger partial charge in [0.05, 0.1) is 6.54 Å². The zero-order valence-electron chi connectivity index (χ0n) is 9.98. The number of hydrogen-bond donors (Lipinski definition) is 0. The lowest BCUT2D eigenvalue weighted by Gasteiger charge is -2.19. The molecule has 1 aromatic heterocycles. The summed E-state index contributed by atoms with van der Waals surface area (Å²) in [6.07, 6.45) is -2.60. The van der Waals surface area contributed by atoms with Crippen LogP contribution >= 0.6 is 11.6 Å². The summed E-state index contributed by atoms with van der Waals surface area (Å²) < 4.78 is 30.2. The number of alkyl halides is 3. The first-order valence-electron chi connectivity index (χ1n) is 5.74. The summed E-state index contributed by atoms with van der Waals surface area (Å²) in [7, 11) is 0. The van der Waals surface area contributed by atoms with E-state index in [2.05, 4.69) is 0 Å². The van der Waals surface area contributed by atoms with Gasteiger partial charge in [0.2, 0.25) is 0 Å². The standard InChI is InChI=1S/C13H12ClF2NO2/c14-5-6-17(8-12(15)16)13(18)11-7-9-3-1-2-4-10(9)19-11/h1-4,7,12H,5-6,8H2. The molecule has 0 saturated carbocycles. The summed E-state index contributed by atoms with van der Waals surface area (Å²) in [5, 5.41) is 0.758. The number of benzene rings is 1. The van der Waals surface area contributed by atoms with Gasteiger partial charge in [-0.05, 0) is 12.1 Å². The van der Waals surface area contributed by atoms with Crippen LogP contribution in [0.25, 0.3) is 11.0 Å². The molecule has 3 nitrogen and oxygen atoms in total. The predicted molar refractivity (Wildman–Crippen MR) is 68.8 cm³/mol.